The number of halogens is 1. The summed E-state index contributed by atoms with van der Waals surface area (Å²) in [6, 6.07) is 18.1. The summed E-state index contributed by atoms with van der Waals surface area (Å²) in [5, 5.41) is 0.833. The van der Waals surface area contributed by atoms with Crippen LogP contribution < -0.4 is 0 Å². The van der Waals surface area contributed by atoms with Gasteiger partial charge in [-0.3, -0.25) is 9.59 Å². The Balaban J connectivity index is 1.24. The summed E-state index contributed by atoms with van der Waals surface area (Å²) in [5.74, 6) is 0.551. The molecule has 3 rings (SSSR count). The molecular weight excluding hydrogens is 418 g/mol. The predicted molar refractivity (Wildman–Crippen MR) is 122 cm³/mol. The number of hydrogen-bond donors (Lipinski definition) is 0. The van der Waals surface area contributed by atoms with Crippen LogP contribution in [0.5, 0.6) is 0 Å². The van der Waals surface area contributed by atoms with Gasteiger partial charge in [0, 0.05) is 10.8 Å². The molecule has 2 aromatic carbocycles. The Hall–Kier alpha value is -1.98. The number of esters is 1. The number of amides is 1. The fourth-order valence-electron chi connectivity index (χ4n) is 3.34. The van der Waals surface area contributed by atoms with Gasteiger partial charge >= 0.3 is 5.97 Å². The van der Waals surface area contributed by atoms with Crippen molar-refractivity contribution < 1.29 is 14.3 Å². The molecule has 4 nitrogen and oxygen atoms in total. The molecule has 1 amide bonds. The zero-order chi connectivity index (χ0) is 21.2. The van der Waals surface area contributed by atoms with Gasteiger partial charge in [0.2, 0.25) is 5.91 Å². The summed E-state index contributed by atoms with van der Waals surface area (Å²) in [5.41, 5.74) is 2.52. The lowest BCUT2D eigenvalue weighted by Crippen LogP contribution is -2.53. The van der Waals surface area contributed by atoms with E-state index in [-0.39, 0.29) is 23.8 Å². The number of β-lactam (4-membered cyclic amide) rings is 1. The van der Waals surface area contributed by atoms with Crippen LogP contribution in [0.4, 0.5) is 0 Å². The zero-order valence-corrected chi connectivity index (χ0v) is 18.7. The van der Waals surface area contributed by atoms with Gasteiger partial charge in [-0.15, -0.1) is 11.8 Å². The molecule has 1 unspecified atom stereocenters. The molecule has 1 saturated heterocycles. The molecule has 1 atom stereocenters. The highest BCUT2D eigenvalue weighted by molar-refractivity contribution is 7.99. The number of benzene rings is 2. The van der Waals surface area contributed by atoms with Crippen LogP contribution >= 0.6 is 23.4 Å². The minimum Gasteiger partial charge on any atom is -0.464 e. The molecular formula is C24H28ClNO3S. The van der Waals surface area contributed by atoms with Crippen molar-refractivity contribution in [3.63, 3.8) is 0 Å². The average molecular weight is 446 g/mol. The smallest absolute Gasteiger partial charge is 0.325 e. The first-order valence-electron chi connectivity index (χ1n) is 10.5. The molecule has 2 aromatic rings. The molecule has 0 saturated carbocycles. The van der Waals surface area contributed by atoms with E-state index in [9.17, 15) is 9.59 Å². The number of nitrogens with zero attached hydrogens (tertiary/aromatic N) is 1. The van der Waals surface area contributed by atoms with Crippen molar-refractivity contribution >= 4 is 35.2 Å². The van der Waals surface area contributed by atoms with Gasteiger partial charge in [0.25, 0.3) is 0 Å². The second kappa shape index (κ2) is 12.0. The van der Waals surface area contributed by atoms with Gasteiger partial charge in [-0.2, -0.15) is 0 Å². The Bertz CT molecular complexity index is 813. The van der Waals surface area contributed by atoms with Crippen LogP contribution in [0.2, 0.25) is 5.02 Å². The maximum Gasteiger partial charge on any atom is 0.325 e. The van der Waals surface area contributed by atoms with Crippen molar-refractivity contribution in [1.82, 2.24) is 4.90 Å². The van der Waals surface area contributed by atoms with E-state index in [1.807, 2.05) is 30.3 Å². The number of carbonyl (C=O) groups is 2. The van der Waals surface area contributed by atoms with Gasteiger partial charge in [0.1, 0.15) is 6.54 Å². The SMILES string of the molecule is O=C(CN1C(=O)CC1SCc1ccccc1)OCCCCCCc1ccc(Cl)cc1. The molecule has 0 N–H and O–H groups in total. The highest BCUT2D eigenvalue weighted by Crippen LogP contribution is 2.31. The molecule has 6 heteroatoms. The van der Waals surface area contributed by atoms with E-state index in [0.29, 0.717) is 13.0 Å². The number of rotatable bonds is 12. The van der Waals surface area contributed by atoms with Crippen LogP contribution in [0.25, 0.3) is 0 Å². The normalized spacial score (nSPS) is 15.7. The second-order valence-electron chi connectivity index (χ2n) is 7.49. The monoisotopic (exact) mass is 445 g/mol. The lowest BCUT2D eigenvalue weighted by Gasteiger charge is -2.39. The fourth-order valence-corrected chi connectivity index (χ4v) is 4.67. The third kappa shape index (κ3) is 7.37. The van der Waals surface area contributed by atoms with Crippen LogP contribution in [-0.2, 0) is 26.5 Å². The number of hydrogen-bond acceptors (Lipinski definition) is 4. The summed E-state index contributed by atoms with van der Waals surface area (Å²) < 4.78 is 5.33. The topological polar surface area (TPSA) is 46.6 Å². The van der Waals surface area contributed by atoms with Crippen LogP contribution in [0.1, 0.15) is 43.2 Å². The van der Waals surface area contributed by atoms with E-state index in [1.54, 1.807) is 16.7 Å². The maximum absolute atomic E-state index is 12.1. The van der Waals surface area contributed by atoms with Crippen LogP contribution in [0.15, 0.2) is 54.6 Å². The van der Waals surface area contributed by atoms with Gasteiger partial charge in [-0.05, 0) is 42.5 Å². The second-order valence-corrected chi connectivity index (χ2v) is 9.09. The first kappa shape index (κ1) is 22.7. The molecule has 30 heavy (non-hydrogen) atoms. The number of carbonyl (C=O) groups excluding carboxylic acids is 2. The van der Waals surface area contributed by atoms with Gasteiger partial charge < -0.3 is 9.64 Å². The summed E-state index contributed by atoms with van der Waals surface area (Å²) in [6.45, 7) is 0.478. The van der Waals surface area contributed by atoms with E-state index >= 15 is 0 Å². The van der Waals surface area contributed by atoms with Crippen molar-refractivity contribution in [1.29, 1.82) is 0 Å². The van der Waals surface area contributed by atoms with Crippen molar-refractivity contribution in [3.8, 4) is 0 Å². The van der Waals surface area contributed by atoms with E-state index in [4.69, 9.17) is 16.3 Å². The standard InChI is InChI=1S/C24H28ClNO3S/c25-21-13-11-19(12-14-21)8-4-1-2-7-15-29-24(28)17-26-22(27)16-23(26)30-18-20-9-5-3-6-10-20/h3,5-6,9-14,23H,1-2,4,7-8,15-18H2. The van der Waals surface area contributed by atoms with E-state index in [2.05, 4.69) is 24.3 Å². The number of aryl methyl sites for hydroxylation is 1. The number of ether oxygens (including phenoxy) is 1. The molecule has 1 aliphatic heterocycles. The fraction of sp³-hybridized carbons (Fsp3) is 0.417. The van der Waals surface area contributed by atoms with Crippen molar-refractivity contribution in [2.24, 2.45) is 0 Å². The molecule has 0 spiro atoms. The summed E-state index contributed by atoms with van der Waals surface area (Å²) in [7, 11) is 0. The highest BCUT2D eigenvalue weighted by atomic mass is 35.5. The third-order valence-corrected chi connectivity index (χ3v) is 6.70. The van der Waals surface area contributed by atoms with E-state index < -0.39 is 0 Å². The quantitative estimate of drug-likeness (QED) is 0.246. The third-order valence-electron chi connectivity index (χ3n) is 5.14. The Kier molecular flexibility index (Phi) is 9.09. The van der Waals surface area contributed by atoms with Gasteiger partial charge in [0.15, 0.2) is 0 Å². The minimum absolute atomic E-state index is 0.0275. The first-order valence-corrected chi connectivity index (χ1v) is 11.9. The Morgan fingerprint density at radius 3 is 2.47 bits per heavy atom. The number of likely N-dealkylation sites (tertiary alicyclic amines) is 1. The number of unbranched alkanes of at least 4 members (excludes halogenated alkanes) is 3. The van der Waals surface area contributed by atoms with E-state index in [1.165, 1.54) is 11.1 Å². The Morgan fingerprint density at radius 2 is 1.73 bits per heavy atom. The molecule has 1 aliphatic rings. The van der Waals surface area contributed by atoms with Gasteiger partial charge in [0.05, 0.1) is 18.4 Å². The zero-order valence-electron chi connectivity index (χ0n) is 17.1. The van der Waals surface area contributed by atoms with Crippen molar-refractivity contribution in [3.05, 3.63) is 70.7 Å². The highest BCUT2D eigenvalue weighted by Gasteiger charge is 2.37. The predicted octanol–water partition coefficient (Wildman–Crippen LogP) is 5.48. The maximum atomic E-state index is 12.1. The largest absolute Gasteiger partial charge is 0.464 e. The first-order chi connectivity index (χ1) is 14.6. The number of thioether (sulfide) groups is 1. The molecule has 0 bridgehead atoms. The average Bonchev–Trinajstić information content (AvgIpc) is 2.76. The summed E-state index contributed by atoms with van der Waals surface area (Å²) in [4.78, 5) is 25.6. The lowest BCUT2D eigenvalue weighted by atomic mass is 10.1. The minimum atomic E-state index is -0.311. The molecule has 1 heterocycles. The van der Waals surface area contributed by atoms with Crippen molar-refractivity contribution in [2.45, 2.75) is 49.7 Å². The molecule has 0 radical (unpaired) electrons. The van der Waals surface area contributed by atoms with E-state index in [0.717, 1.165) is 42.9 Å². The van der Waals surface area contributed by atoms with Gasteiger partial charge in [-0.25, -0.2) is 0 Å². The van der Waals surface area contributed by atoms with Crippen molar-refractivity contribution in [2.75, 3.05) is 13.2 Å². The summed E-state index contributed by atoms with van der Waals surface area (Å²) in [6.07, 6.45) is 5.63. The molecule has 0 aliphatic carbocycles. The van der Waals surface area contributed by atoms with Crippen LogP contribution in [0, 0.1) is 0 Å². The summed E-state index contributed by atoms with van der Waals surface area (Å²) >= 11 is 7.59. The Labute approximate surface area is 187 Å². The van der Waals surface area contributed by atoms with Crippen LogP contribution in [-0.4, -0.2) is 35.3 Å². The lowest BCUT2D eigenvalue weighted by molar-refractivity contribution is -0.154. The van der Waals surface area contributed by atoms with Crippen LogP contribution in [0.3, 0.4) is 0 Å². The van der Waals surface area contributed by atoms with Gasteiger partial charge in [-0.1, -0.05) is 66.9 Å². The molecule has 1 fully saturated rings. The Morgan fingerprint density at radius 1 is 1.00 bits per heavy atom. The molecule has 160 valence electrons. The molecule has 0 aromatic heterocycles.